The highest BCUT2D eigenvalue weighted by molar-refractivity contribution is 7.13. The molecule has 1 heterocycles. The van der Waals surface area contributed by atoms with E-state index in [2.05, 4.69) is 22.4 Å². The standard InChI is InChI=1S/C18H23N3O3S/c1-4-8-24-16-9-14(7-6-13(16)3)11-19-21-18-20-15(12-25-18)10-17(22)23-5-2/h6-7,9,11-12H,4-5,8,10H2,1-3H3,(H,20,21). The Labute approximate surface area is 151 Å². The fourth-order valence-corrected chi connectivity index (χ4v) is 2.69. The highest BCUT2D eigenvalue weighted by Crippen LogP contribution is 2.19. The van der Waals surface area contributed by atoms with Gasteiger partial charge in [0.15, 0.2) is 0 Å². The Morgan fingerprint density at radius 1 is 1.40 bits per heavy atom. The number of ether oxygens (including phenoxy) is 2. The third-order valence-corrected chi connectivity index (χ3v) is 4.03. The van der Waals surface area contributed by atoms with Gasteiger partial charge < -0.3 is 9.47 Å². The van der Waals surface area contributed by atoms with Crippen molar-refractivity contribution in [1.82, 2.24) is 4.98 Å². The summed E-state index contributed by atoms with van der Waals surface area (Å²) in [5.74, 6) is 0.596. The number of hydrogen-bond donors (Lipinski definition) is 1. The summed E-state index contributed by atoms with van der Waals surface area (Å²) in [6.45, 7) is 6.95. The molecule has 0 saturated carbocycles. The molecule has 7 heteroatoms. The second kappa shape index (κ2) is 9.78. The van der Waals surface area contributed by atoms with Crippen LogP contribution in [0.5, 0.6) is 5.75 Å². The molecule has 1 aromatic heterocycles. The summed E-state index contributed by atoms with van der Waals surface area (Å²) >= 11 is 1.39. The van der Waals surface area contributed by atoms with Gasteiger partial charge in [0.1, 0.15) is 5.75 Å². The smallest absolute Gasteiger partial charge is 0.311 e. The van der Waals surface area contributed by atoms with Gasteiger partial charge in [0.25, 0.3) is 0 Å². The van der Waals surface area contributed by atoms with E-state index < -0.39 is 0 Å². The minimum atomic E-state index is -0.276. The average molecular weight is 361 g/mol. The van der Waals surface area contributed by atoms with Crippen LogP contribution in [-0.4, -0.2) is 30.4 Å². The van der Waals surface area contributed by atoms with Gasteiger partial charge >= 0.3 is 5.97 Å². The van der Waals surface area contributed by atoms with Crippen molar-refractivity contribution in [2.24, 2.45) is 5.10 Å². The van der Waals surface area contributed by atoms with E-state index in [-0.39, 0.29) is 12.4 Å². The Hall–Kier alpha value is -2.41. The molecule has 134 valence electrons. The zero-order valence-electron chi connectivity index (χ0n) is 14.7. The van der Waals surface area contributed by atoms with Crippen molar-refractivity contribution in [2.75, 3.05) is 18.6 Å². The van der Waals surface area contributed by atoms with Crippen LogP contribution in [-0.2, 0) is 16.0 Å². The number of aryl methyl sites for hydroxylation is 1. The van der Waals surface area contributed by atoms with Gasteiger partial charge in [-0.05, 0) is 37.5 Å². The molecule has 0 radical (unpaired) electrons. The molecule has 0 aliphatic heterocycles. The van der Waals surface area contributed by atoms with Crippen LogP contribution in [0.15, 0.2) is 28.7 Å². The molecule has 0 spiro atoms. The Morgan fingerprint density at radius 3 is 3.00 bits per heavy atom. The number of carbonyl (C=O) groups excluding carboxylic acids is 1. The average Bonchev–Trinajstić information content (AvgIpc) is 3.02. The predicted octanol–water partition coefficient (Wildman–Crippen LogP) is 3.79. The fraction of sp³-hybridized carbons (Fsp3) is 0.389. The summed E-state index contributed by atoms with van der Waals surface area (Å²) in [6, 6.07) is 5.95. The molecule has 1 N–H and O–H groups in total. The molecule has 2 aromatic rings. The van der Waals surface area contributed by atoms with Crippen LogP contribution in [0.1, 0.15) is 37.1 Å². The van der Waals surface area contributed by atoms with Crippen LogP contribution in [0.3, 0.4) is 0 Å². The van der Waals surface area contributed by atoms with E-state index in [0.717, 1.165) is 23.3 Å². The molecule has 0 aliphatic rings. The molecular formula is C18H23N3O3S. The van der Waals surface area contributed by atoms with Crippen molar-refractivity contribution in [1.29, 1.82) is 0 Å². The number of hydrazone groups is 1. The molecule has 0 bridgehead atoms. The maximum atomic E-state index is 11.4. The van der Waals surface area contributed by atoms with E-state index in [1.807, 2.05) is 30.5 Å². The van der Waals surface area contributed by atoms with Crippen LogP contribution >= 0.6 is 11.3 Å². The van der Waals surface area contributed by atoms with Crippen LogP contribution in [0.25, 0.3) is 0 Å². The maximum Gasteiger partial charge on any atom is 0.311 e. The van der Waals surface area contributed by atoms with Gasteiger partial charge in [-0.2, -0.15) is 5.10 Å². The lowest BCUT2D eigenvalue weighted by atomic mass is 10.1. The van der Waals surface area contributed by atoms with E-state index in [0.29, 0.717) is 24.0 Å². The number of anilines is 1. The van der Waals surface area contributed by atoms with Crippen molar-refractivity contribution in [3.63, 3.8) is 0 Å². The molecule has 0 aliphatic carbocycles. The molecule has 0 fully saturated rings. The summed E-state index contributed by atoms with van der Waals surface area (Å²) in [5.41, 5.74) is 5.59. The molecular weight excluding hydrogens is 338 g/mol. The molecule has 1 aromatic carbocycles. The summed E-state index contributed by atoms with van der Waals surface area (Å²) in [6.07, 6.45) is 2.86. The Morgan fingerprint density at radius 2 is 2.24 bits per heavy atom. The fourth-order valence-electron chi connectivity index (χ4n) is 2.03. The number of aromatic nitrogens is 1. The number of thiazole rings is 1. The first-order chi connectivity index (χ1) is 12.1. The van der Waals surface area contributed by atoms with Gasteiger partial charge in [-0.3, -0.25) is 10.2 Å². The lowest BCUT2D eigenvalue weighted by molar-refractivity contribution is -0.142. The number of benzene rings is 1. The third-order valence-electron chi connectivity index (χ3n) is 3.23. The SMILES string of the molecule is CCCOc1cc(C=NNc2nc(CC(=O)OCC)cs2)ccc1C. The molecule has 0 unspecified atom stereocenters. The van der Waals surface area contributed by atoms with Crippen LogP contribution in [0.2, 0.25) is 0 Å². The van der Waals surface area contributed by atoms with Gasteiger partial charge in [0.05, 0.1) is 31.5 Å². The molecule has 6 nitrogen and oxygen atoms in total. The van der Waals surface area contributed by atoms with Crippen LogP contribution in [0, 0.1) is 6.92 Å². The normalized spacial score (nSPS) is 10.8. The quantitative estimate of drug-likeness (QED) is 0.418. The van der Waals surface area contributed by atoms with E-state index in [4.69, 9.17) is 9.47 Å². The Bertz CT molecular complexity index is 728. The number of nitrogens with one attached hydrogen (secondary N) is 1. The van der Waals surface area contributed by atoms with E-state index >= 15 is 0 Å². The van der Waals surface area contributed by atoms with Crippen molar-refractivity contribution in [2.45, 2.75) is 33.6 Å². The number of hydrogen-bond acceptors (Lipinski definition) is 7. The van der Waals surface area contributed by atoms with Gasteiger partial charge in [0.2, 0.25) is 5.13 Å². The summed E-state index contributed by atoms with van der Waals surface area (Å²) in [5, 5.41) is 6.64. The monoisotopic (exact) mass is 361 g/mol. The Kier molecular flexibility index (Phi) is 7.40. The first-order valence-corrected chi connectivity index (χ1v) is 9.12. The number of carbonyl (C=O) groups is 1. The number of esters is 1. The number of nitrogens with zero attached hydrogens (tertiary/aromatic N) is 2. The van der Waals surface area contributed by atoms with Crippen molar-refractivity contribution >= 4 is 28.7 Å². The molecule has 0 atom stereocenters. The largest absolute Gasteiger partial charge is 0.493 e. The van der Waals surface area contributed by atoms with Gasteiger partial charge in [-0.1, -0.05) is 19.1 Å². The second-order valence-corrected chi connectivity index (χ2v) is 6.23. The third kappa shape index (κ3) is 6.19. The van der Waals surface area contributed by atoms with Gasteiger partial charge in [-0.25, -0.2) is 4.98 Å². The highest BCUT2D eigenvalue weighted by Gasteiger charge is 2.08. The number of rotatable bonds is 9. The molecule has 0 amide bonds. The van der Waals surface area contributed by atoms with Crippen LogP contribution in [0.4, 0.5) is 5.13 Å². The first kappa shape index (κ1) is 18.9. The second-order valence-electron chi connectivity index (χ2n) is 5.37. The van der Waals surface area contributed by atoms with E-state index in [9.17, 15) is 4.79 Å². The van der Waals surface area contributed by atoms with Crippen molar-refractivity contribution in [3.8, 4) is 5.75 Å². The Balaban J connectivity index is 1.92. The summed E-state index contributed by atoms with van der Waals surface area (Å²) in [7, 11) is 0. The van der Waals surface area contributed by atoms with E-state index in [1.54, 1.807) is 13.1 Å². The topological polar surface area (TPSA) is 72.8 Å². The predicted molar refractivity (Wildman–Crippen MR) is 101 cm³/mol. The maximum absolute atomic E-state index is 11.4. The van der Waals surface area contributed by atoms with Crippen LogP contribution < -0.4 is 10.2 Å². The minimum Gasteiger partial charge on any atom is -0.493 e. The zero-order valence-corrected chi connectivity index (χ0v) is 15.6. The van der Waals surface area contributed by atoms with Gasteiger partial charge in [0, 0.05) is 5.38 Å². The van der Waals surface area contributed by atoms with Crippen molar-refractivity contribution in [3.05, 3.63) is 40.4 Å². The first-order valence-electron chi connectivity index (χ1n) is 8.25. The zero-order chi connectivity index (χ0) is 18.1. The summed E-state index contributed by atoms with van der Waals surface area (Å²) in [4.78, 5) is 15.7. The molecule has 0 saturated heterocycles. The molecule has 25 heavy (non-hydrogen) atoms. The molecule has 2 rings (SSSR count). The highest BCUT2D eigenvalue weighted by atomic mass is 32.1. The minimum absolute atomic E-state index is 0.172. The van der Waals surface area contributed by atoms with E-state index in [1.165, 1.54) is 11.3 Å². The lowest BCUT2D eigenvalue weighted by Crippen LogP contribution is -2.07. The van der Waals surface area contributed by atoms with Gasteiger partial charge in [-0.15, -0.1) is 11.3 Å². The van der Waals surface area contributed by atoms with Crippen molar-refractivity contribution < 1.29 is 14.3 Å². The summed E-state index contributed by atoms with van der Waals surface area (Å²) < 4.78 is 10.6. The lowest BCUT2D eigenvalue weighted by Gasteiger charge is -2.08.